The van der Waals surface area contributed by atoms with Gasteiger partial charge in [0.1, 0.15) is 5.75 Å². The third-order valence-corrected chi connectivity index (χ3v) is 3.20. The quantitative estimate of drug-likeness (QED) is 0.643. The number of ether oxygens (including phenoxy) is 1. The minimum Gasteiger partial charge on any atom is -0.497 e. The molecule has 0 aliphatic carbocycles. The molecule has 1 heterocycles. The molecule has 0 saturated heterocycles. The first-order valence-electron chi connectivity index (χ1n) is 6.35. The molecule has 2 aromatic carbocycles. The van der Waals surface area contributed by atoms with Gasteiger partial charge in [-0.05, 0) is 30.3 Å². The smallest absolute Gasteiger partial charge is 0.257 e. The predicted octanol–water partition coefficient (Wildman–Crippen LogP) is 2.41. The minimum absolute atomic E-state index is 0.266. The number of carbonyl (C=O) groups is 1. The van der Waals surface area contributed by atoms with E-state index in [4.69, 9.17) is 10.5 Å². The van der Waals surface area contributed by atoms with Crippen LogP contribution in [-0.2, 0) is 0 Å². The third kappa shape index (κ3) is 2.51. The van der Waals surface area contributed by atoms with Crippen molar-refractivity contribution in [2.24, 2.45) is 0 Å². The molecule has 0 radical (unpaired) electrons. The molecule has 6 heteroatoms. The van der Waals surface area contributed by atoms with Crippen LogP contribution in [-0.4, -0.2) is 23.2 Å². The van der Waals surface area contributed by atoms with Crippen LogP contribution in [0.4, 0.5) is 11.4 Å². The van der Waals surface area contributed by atoms with Crippen molar-refractivity contribution < 1.29 is 9.53 Å². The molecule has 1 aromatic heterocycles. The Kier molecular flexibility index (Phi) is 3.19. The molecule has 3 rings (SSSR count). The molecule has 0 aliphatic heterocycles. The Morgan fingerprint density at radius 1 is 1.29 bits per heavy atom. The highest BCUT2D eigenvalue weighted by molar-refractivity contribution is 6.08. The Labute approximate surface area is 120 Å². The fourth-order valence-electron chi connectivity index (χ4n) is 2.09. The van der Waals surface area contributed by atoms with E-state index in [-0.39, 0.29) is 5.91 Å². The first-order chi connectivity index (χ1) is 10.2. The zero-order valence-corrected chi connectivity index (χ0v) is 11.4. The van der Waals surface area contributed by atoms with Crippen LogP contribution in [0.5, 0.6) is 5.75 Å². The zero-order valence-electron chi connectivity index (χ0n) is 11.4. The number of nitrogen functional groups attached to an aromatic ring is 1. The largest absolute Gasteiger partial charge is 0.497 e. The van der Waals surface area contributed by atoms with Crippen molar-refractivity contribution >= 4 is 28.2 Å². The summed E-state index contributed by atoms with van der Waals surface area (Å²) >= 11 is 0. The van der Waals surface area contributed by atoms with Gasteiger partial charge in [0.25, 0.3) is 5.91 Å². The van der Waals surface area contributed by atoms with Gasteiger partial charge in [0.05, 0.1) is 24.4 Å². The van der Waals surface area contributed by atoms with E-state index in [0.29, 0.717) is 22.7 Å². The summed E-state index contributed by atoms with van der Waals surface area (Å²) in [4.78, 5) is 12.3. The van der Waals surface area contributed by atoms with Gasteiger partial charge < -0.3 is 15.8 Å². The highest BCUT2D eigenvalue weighted by Gasteiger charge is 2.11. The van der Waals surface area contributed by atoms with Gasteiger partial charge in [-0.25, -0.2) is 0 Å². The van der Waals surface area contributed by atoms with E-state index < -0.39 is 0 Å². The molecule has 0 aliphatic rings. The van der Waals surface area contributed by atoms with E-state index in [1.165, 1.54) is 0 Å². The van der Waals surface area contributed by atoms with Crippen molar-refractivity contribution in [1.29, 1.82) is 0 Å². The lowest BCUT2D eigenvalue weighted by Gasteiger charge is -2.09. The van der Waals surface area contributed by atoms with Crippen molar-refractivity contribution in [3.63, 3.8) is 0 Å². The number of hydrogen-bond acceptors (Lipinski definition) is 4. The van der Waals surface area contributed by atoms with Gasteiger partial charge in [0.2, 0.25) is 0 Å². The number of aromatic amines is 1. The number of anilines is 2. The lowest BCUT2D eigenvalue weighted by molar-refractivity contribution is 0.102. The first-order valence-corrected chi connectivity index (χ1v) is 6.35. The van der Waals surface area contributed by atoms with E-state index in [1.54, 1.807) is 37.6 Å². The molecule has 0 fully saturated rings. The van der Waals surface area contributed by atoms with Gasteiger partial charge in [-0.15, -0.1) is 0 Å². The Balaban J connectivity index is 1.85. The summed E-state index contributed by atoms with van der Waals surface area (Å²) in [6.45, 7) is 0. The Bertz CT molecular complexity index is 810. The van der Waals surface area contributed by atoms with Crippen molar-refractivity contribution in [2.45, 2.75) is 0 Å². The molecule has 0 bridgehead atoms. The summed E-state index contributed by atoms with van der Waals surface area (Å²) in [5.41, 5.74) is 8.25. The van der Waals surface area contributed by atoms with E-state index in [0.717, 1.165) is 10.9 Å². The molecule has 1 amide bonds. The van der Waals surface area contributed by atoms with E-state index >= 15 is 0 Å². The molecule has 0 spiro atoms. The standard InChI is InChI=1S/C15H14N4O2/c1-21-11-3-4-12(13(16)7-11)15(20)18-10-2-5-14-9(6-10)8-17-19-14/h2-8H,16H2,1H3,(H,17,19)(H,18,20). The molecule has 6 nitrogen and oxygen atoms in total. The number of rotatable bonds is 3. The minimum atomic E-state index is -0.266. The van der Waals surface area contributed by atoms with Crippen LogP contribution in [0.1, 0.15) is 10.4 Å². The van der Waals surface area contributed by atoms with Gasteiger partial charge in [-0.1, -0.05) is 0 Å². The number of hydrogen-bond donors (Lipinski definition) is 3. The predicted molar refractivity (Wildman–Crippen MR) is 81.5 cm³/mol. The van der Waals surface area contributed by atoms with Crippen LogP contribution in [0.2, 0.25) is 0 Å². The zero-order chi connectivity index (χ0) is 14.8. The Morgan fingerprint density at radius 3 is 2.90 bits per heavy atom. The summed E-state index contributed by atoms with van der Waals surface area (Å²) in [6.07, 6.45) is 1.70. The molecule has 0 unspecified atom stereocenters. The lowest BCUT2D eigenvalue weighted by atomic mass is 10.1. The maximum Gasteiger partial charge on any atom is 0.257 e. The van der Waals surface area contributed by atoms with E-state index in [2.05, 4.69) is 15.5 Å². The van der Waals surface area contributed by atoms with Crippen molar-refractivity contribution in [2.75, 3.05) is 18.2 Å². The SMILES string of the molecule is COc1ccc(C(=O)Nc2ccc3[nH]ncc3c2)c(N)c1. The highest BCUT2D eigenvalue weighted by Crippen LogP contribution is 2.22. The second kappa shape index (κ2) is 5.16. The van der Waals surface area contributed by atoms with Gasteiger partial charge >= 0.3 is 0 Å². The molecule has 4 N–H and O–H groups in total. The van der Waals surface area contributed by atoms with Crippen LogP contribution in [0, 0.1) is 0 Å². The molecular weight excluding hydrogens is 268 g/mol. The molecule has 21 heavy (non-hydrogen) atoms. The second-order valence-electron chi connectivity index (χ2n) is 4.58. The number of nitrogens with one attached hydrogen (secondary N) is 2. The lowest BCUT2D eigenvalue weighted by Crippen LogP contribution is -2.14. The number of aromatic nitrogens is 2. The van der Waals surface area contributed by atoms with Gasteiger partial charge in [0, 0.05) is 22.8 Å². The number of fused-ring (bicyclic) bond motifs is 1. The molecule has 0 saturated carbocycles. The number of amides is 1. The average molecular weight is 282 g/mol. The number of nitrogens with two attached hydrogens (primary N) is 1. The summed E-state index contributed by atoms with van der Waals surface area (Å²) in [5, 5.41) is 10.5. The van der Waals surface area contributed by atoms with Crippen molar-refractivity contribution in [3.05, 3.63) is 48.2 Å². The second-order valence-corrected chi connectivity index (χ2v) is 4.58. The Morgan fingerprint density at radius 2 is 2.14 bits per heavy atom. The van der Waals surface area contributed by atoms with E-state index in [9.17, 15) is 4.79 Å². The van der Waals surface area contributed by atoms with Gasteiger partial charge in [-0.2, -0.15) is 5.10 Å². The van der Waals surface area contributed by atoms with Crippen molar-refractivity contribution in [1.82, 2.24) is 10.2 Å². The van der Waals surface area contributed by atoms with Crippen molar-refractivity contribution in [3.8, 4) is 5.75 Å². The summed E-state index contributed by atoms with van der Waals surface area (Å²) in [6, 6.07) is 10.5. The number of benzene rings is 2. The van der Waals surface area contributed by atoms with Gasteiger partial charge in [0.15, 0.2) is 0 Å². The monoisotopic (exact) mass is 282 g/mol. The normalized spacial score (nSPS) is 10.5. The number of methoxy groups -OCH3 is 1. The molecule has 3 aromatic rings. The maximum atomic E-state index is 12.3. The number of nitrogens with zero attached hydrogens (tertiary/aromatic N) is 1. The summed E-state index contributed by atoms with van der Waals surface area (Å²) < 4.78 is 5.07. The topological polar surface area (TPSA) is 93.0 Å². The Hall–Kier alpha value is -3.02. The third-order valence-electron chi connectivity index (χ3n) is 3.20. The van der Waals surface area contributed by atoms with Gasteiger partial charge in [-0.3, -0.25) is 9.89 Å². The molecule has 106 valence electrons. The van der Waals surface area contributed by atoms with Crippen LogP contribution < -0.4 is 15.8 Å². The average Bonchev–Trinajstić information content (AvgIpc) is 2.94. The van der Waals surface area contributed by atoms with E-state index in [1.807, 2.05) is 12.1 Å². The van der Waals surface area contributed by atoms with Crippen LogP contribution in [0.25, 0.3) is 10.9 Å². The van der Waals surface area contributed by atoms with Crippen LogP contribution in [0.3, 0.4) is 0 Å². The molecule has 0 atom stereocenters. The highest BCUT2D eigenvalue weighted by atomic mass is 16.5. The first kappa shape index (κ1) is 13.0. The maximum absolute atomic E-state index is 12.3. The van der Waals surface area contributed by atoms with Crippen LogP contribution in [0.15, 0.2) is 42.6 Å². The molecular formula is C15H14N4O2. The number of carbonyl (C=O) groups excluding carboxylic acids is 1. The fourth-order valence-corrected chi connectivity index (χ4v) is 2.09. The summed E-state index contributed by atoms with van der Waals surface area (Å²) in [5.74, 6) is 0.349. The van der Waals surface area contributed by atoms with Crippen LogP contribution >= 0.6 is 0 Å². The summed E-state index contributed by atoms with van der Waals surface area (Å²) in [7, 11) is 1.55. The number of H-pyrrole nitrogens is 1. The fraction of sp³-hybridized carbons (Fsp3) is 0.0667.